The minimum Gasteiger partial charge on any atom is -0.497 e. The van der Waals surface area contributed by atoms with Crippen LogP contribution in [0.15, 0.2) is 47.4 Å². The van der Waals surface area contributed by atoms with Crippen LogP contribution in [0.25, 0.3) is 0 Å². The summed E-state index contributed by atoms with van der Waals surface area (Å²) in [6, 6.07) is 11.6. The van der Waals surface area contributed by atoms with E-state index in [0.717, 1.165) is 17.7 Å². The van der Waals surface area contributed by atoms with Crippen molar-refractivity contribution in [1.29, 1.82) is 0 Å². The monoisotopic (exact) mass is 332 g/mol. The summed E-state index contributed by atoms with van der Waals surface area (Å²) in [5.74, 6) is 1.22. The van der Waals surface area contributed by atoms with Crippen molar-refractivity contribution in [3.8, 4) is 5.75 Å². The van der Waals surface area contributed by atoms with Crippen LogP contribution in [0.5, 0.6) is 5.75 Å². The van der Waals surface area contributed by atoms with Crippen LogP contribution in [-0.4, -0.2) is 18.9 Å². The van der Waals surface area contributed by atoms with E-state index in [2.05, 4.69) is 10.6 Å². The zero-order chi connectivity index (χ0) is 16.2. The molecule has 0 spiro atoms. The molecule has 120 valence electrons. The van der Waals surface area contributed by atoms with E-state index in [4.69, 9.17) is 4.74 Å². The van der Waals surface area contributed by atoms with E-state index in [1.165, 1.54) is 17.8 Å². The van der Waals surface area contributed by atoms with Crippen molar-refractivity contribution in [3.05, 3.63) is 53.8 Å². The first-order valence-electron chi connectivity index (χ1n) is 7.30. The SMILES string of the molecule is COc1cccc(NC(=O)N[C@@H]2CCSc3c(F)cccc32)c1. The lowest BCUT2D eigenvalue weighted by atomic mass is 10.0. The first kappa shape index (κ1) is 15.7. The number of hydrogen-bond acceptors (Lipinski definition) is 3. The number of carbonyl (C=O) groups is 1. The van der Waals surface area contributed by atoms with Crippen molar-refractivity contribution >= 4 is 23.5 Å². The summed E-state index contributed by atoms with van der Waals surface area (Å²) in [7, 11) is 1.57. The van der Waals surface area contributed by atoms with E-state index in [1.54, 1.807) is 37.4 Å². The minimum atomic E-state index is -0.314. The van der Waals surface area contributed by atoms with Gasteiger partial charge in [0, 0.05) is 22.4 Å². The van der Waals surface area contributed by atoms with Crippen LogP contribution in [0.2, 0.25) is 0 Å². The van der Waals surface area contributed by atoms with Crippen molar-refractivity contribution in [2.24, 2.45) is 0 Å². The third kappa shape index (κ3) is 3.59. The fraction of sp³-hybridized carbons (Fsp3) is 0.235. The molecule has 1 atom stereocenters. The molecule has 0 saturated carbocycles. The van der Waals surface area contributed by atoms with E-state index < -0.39 is 0 Å². The topological polar surface area (TPSA) is 50.4 Å². The Kier molecular flexibility index (Phi) is 4.71. The number of ether oxygens (including phenoxy) is 1. The zero-order valence-corrected chi connectivity index (χ0v) is 13.5. The van der Waals surface area contributed by atoms with Gasteiger partial charge >= 0.3 is 6.03 Å². The fourth-order valence-electron chi connectivity index (χ4n) is 2.56. The molecule has 2 aromatic carbocycles. The molecular formula is C17H17FN2O2S. The predicted molar refractivity (Wildman–Crippen MR) is 89.6 cm³/mol. The Morgan fingerprint density at radius 2 is 2.13 bits per heavy atom. The van der Waals surface area contributed by atoms with Crippen LogP contribution in [-0.2, 0) is 0 Å². The van der Waals surface area contributed by atoms with E-state index >= 15 is 0 Å². The van der Waals surface area contributed by atoms with E-state index in [0.29, 0.717) is 16.3 Å². The lowest BCUT2D eigenvalue weighted by Crippen LogP contribution is -2.34. The van der Waals surface area contributed by atoms with Gasteiger partial charge in [-0.2, -0.15) is 0 Å². The molecule has 0 saturated heterocycles. The first-order valence-corrected chi connectivity index (χ1v) is 8.28. The normalized spacial score (nSPS) is 16.3. The van der Waals surface area contributed by atoms with E-state index in [1.807, 2.05) is 6.07 Å². The second-order valence-corrected chi connectivity index (χ2v) is 6.28. The van der Waals surface area contributed by atoms with Crippen LogP contribution < -0.4 is 15.4 Å². The van der Waals surface area contributed by atoms with Gasteiger partial charge in [0.05, 0.1) is 13.2 Å². The maximum Gasteiger partial charge on any atom is 0.319 e. The van der Waals surface area contributed by atoms with Gasteiger partial charge in [-0.15, -0.1) is 11.8 Å². The van der Waals surface area contributed by atoms with Crippen molar-refractivity contribution in [3.63, 3.8) is 0 Å². The van der Waals surface area contributed by atoms with Gasteiger partial charge in [0.1, 0.15) is 11.6 Å². The molecule has 1 aliphatic rings. The molecule has 0 radical (unpaired) electrons. The molecule has 0 aromatic heterocycles. The standard InChI is InChI=1S/C17H17FN2O2S/c1-22-12-5-2-4-11(10-12)19-17(21)20-15-8-9-23-16-13(15)6-3-7-14(16)18/h2-7,10,15H,8-9H2,1H3,(H2,19,20,21)/t15-/m1/s1. The maximum atomic E-state index is 13.8. The van der Waals surface area contributed by atoms with Crippen LogP contribution in [0.4, 0.5) is 14.9 Å². The second kappa shape index (κ2) is 6.91. The maximum absolute atomic E-state index is 13.8. The number of nitrogens with one attached hydrogen (secondary N) is 2. The predicted octanol–water partition coefficient (Wildman–Crippen LogP) is 4.19. The highest BCUT2D eigenvalue weighted by Gasteiger charge is 2.24. The van der Waals surface area contributed by atoms with E-state index in [9.17, 15) is 9.18 Å². The fourth-order valence-corrected chi connectivity index (χ4v) is 3.70. The van der Waals surface area contributed by atoms with Crippen molar-refractivity contribution in [2.75, 3.05) is 18.2 Å². The summed E-state index contributed by atoms with van der Waals surface area (Å²) in [6.45, 7) is 0. The molecular weight excluding hydrogens is 315 g/mol. The molecule has 3 rings (SSSR count). The van der Waals surface area contributed by atoms with Crippen molar-refractivity contribution < 1.29 is 13.9 Å². The summed E-state index contributed by atoms with van der Waals surface area (Å²) in [6.07, 6.45) is 0.770. The van der Waals surface area contributed by atoms with Crippen LogP contribution in [0.3, 0.4) is 0 Å². The third-order valence-corrected chi connectivity index (χ3v) is 4.82. The quantitative estimate of drug-likeness (QED) is 0.886. The number of fused-ring (bicyclic) bond motifs is 1. The Bertz CT molecular complexity index is 723. The molecule has 0 bridgehead atoms. The zero-order valence-electron chi connectivity index (χ0n) is 12.6. The highest BCUT2D eigenvalue weighted by molar-refractivity contribution is 7.99. The van der Waals surface area contributed by atoms with Gasteiger partial charge in [0.2, 0.25) is 0 Å². The highest BCUT2D eigenvalue weighted by Crippen LogP contribution is 2.37. The molecule has 2 N–H and O–H groups in total. The molecule has 23 heavy (non-hydrogen) atoms. The van der Waals surface area contributed by atoms with Gasteiger partial charge in [0.15, 0.2) is 0 Å². The van der Waals surface area contributed by atoms with Crippen LogP contribution in [0, 0.1) is 5.82 Å². The lowest BCUT2D eigenvalue weighted by Gasteiger charge is -2.26. The Morgan fingerprint density at radius 1 is 1.30 bits per heavy atom. The summed E-state index contributed by atoms with van der Waals surface area (Å²) in [5.41, 5.74) is 1.48. The Balaban J connectivity index is 1.70. The number of thioether (sulfide) groups is 1. The second-order valence-electron chi connectivity index (χ2n) is 5.18. The number of benzene rings is 2. The lowest BCUT2D eigenvalue weighted by molar-refractivity contribution is 0.248. The number of rotatable bonds is 3. The average molecular weight is 332 g/mol. The van der Waals surface area contributed by atoms with E-state index in [-0.39, 0.29) is 17.9 Å². The average Bonchev–Trinajstić information content (AvgIpc) is 2.56. The molecule has 4 nitrogen and oxygen atoms in total. The number of anilines is 1. The molecule has 1 aliphatic heterocycles. The molecule has 2 aromatic rings. The Morgan fingerprint density at radius 3 is 2.96 bits per heavy atom. The first-order chi connectivity index (χ1) is 11.2. The smallest absolute Gasteiger partial charge is 0.319 e. The third-order valence-electron chi connectivity index (χ3n) is 3.66. The number of urea groups is 1. The molecule has 6 heteroatoms. The van der Waals surface area contributed by atoms with Gasteiger partial charge in [-0.1, -0.05) is 18.2 Å². The summed E-state index contributed by atoms with van der Waals surface area (Å²) in [5, 5.41) is 5.70. The number of carbonyl (C=O) groups excluding carboxylic acids is 1. The van der Waals surface area contributed by atoms with Gasteiger partial charge < -0.3 is 15.4 Å². The van der Waals surface area contributed by atoms with Gasteiger partial charge in [0.25, 0.3) is 0 Å². The number of halogens is 1. The number of amides is 2. The van der Waals surface area contributed by atoms with Gasteiger partial charge in [-0.05, 0) is 30.2 Å². The van der Waals surface area contributed by atoms with Crippen molar-refractivity contribution in [1.82, 2.24) is 5.32 Å². The molecule has 0 aliphatic carbocycles. The highest BCUT2D eigenvalue weighted by atomic mass is 32.2. The largest absolute Gasteiger partial charge is 0.497 e. The minimum absolute atomic E-state index is 0.187. The Hall–Kier alpha value is -2.21. The molecule has 1 heterocycles. The van der Waals surface area contributed by atoms with Gasteiger partial charge in [-0.3, -0.25) is 0 Å². The van der Waals surface area contributed by atoms with Crippen LogP contribution in [0.1, 0.15) is 18.0 Å². The van der Waals surface area contributed by atoms with Crippen LogP contribution >= 0.6 is 11.8 Å². The summed E-state index contributed by atoms with van der Waals surface area (Å²) in [4.78, 5) is 12.8. The molecule has 2 amide bonds. The summed E-state index contributed by atoms with van der Waals surface area (Å²) < 4.78 is 19.0. The van der Waals surface area contributed by atoms with Gasteiger partial charge in [-0.25, -0.2) is 9.18 Å². The Labute approximate surface area is 138 Å². The number of methoxy groups -OCH3 is 1. The van der Waals surface area contributed by atoms with Crippen molar-refractivity contribution in [2.45, 2.75) is 17.4 Å². The molecule has 0 fully saturated rings. The summed E-state index contributed by atoms with van der Waals surface area (Å²) >= 11 is 1.49. The molecule has 0 unspecified atom stereocenters. The number of hydrogen-bond donors (Lipinski definition) is 2.